The number of hydrogen-bond donors (Lipinski definition) is 1. The van der Waals surface area contributed by atoms with Gasteiger partial charge in [0, 0.05) is 24.3 Å². The molecule has 7 nitrogen and oxygen atoms in total. The van der Waals surface area contributed by atoms with E-state index in [1.54, 1.807) is 36.4 Å². The van der Waals surface area contributed by atoms with Crippen molar-refractivity contribution in [1.29, 1.82) is 0 Å². The molecule has 4 rings (SSSR count). The zero-order chi connectivity index (χ0) is 22.5. The predicted molar refractivity (Wildman–Crippen MR) is 124 cm³/mol. The number of nitrogens with zero attached hydrogens (tertiary/aromatic N) is 3. The first-order chi connectivity index (χ1) is 15.5. The molecule has 1 aliphatic rings. The van der Waals surface area contributed by atoms with E-state index in [4.69, 9.17) is 4.74 Å². The molecule has 3 aromatic rings. The van der Waals surface area contributed by atoms with Crippen molar-refractivity contribution in [2.24, 2.45) is 5.92 Å². The molecule has 1 aromatic heterocycles. The summed E-state index contributed by atoms with van der Waals surface area (Å²) < 4.78 is 4.76. The Balaban J connectivity index is 1.44. The summed E-state index contributed by atoms with van der Waals surface area (Å²) in [7, 11) is 1.29. The van der Waals surface area contributed by atoms with Gasteiger partial charge in [0.1, 0.15) is 0 Å². The first-order valence-electron chi connectivity index (χ1n) is 10.7. The lowest BCUT2D eigenvalue weighted by atomic mass is 9.99. The van der Waals surface area contributed by atoms with E-state index in [-0.39, 0.29) is 17.0 Å². The molecule has 0 bridgehead atoms. The number of aromatic nitrogens is 2. The largest absolute Gasteiger partial charge is 0.465 e. The van der Waals surface area contributed by atoms with E-state index in [1.165, 1.54) is 20.0 Å². The molecule has 0 saturated carbocycles. The van der Waals surface area contributed by atoms with Gasteiger partial charge < -0.3 is 15.0 Å². The zero-order valence-electron chi connectivity index (χ0n) is 18.2. The zero-order valence-corrected chi connectivity index (χ0v) is 18.2. The van der Waals surface area contributed by atoms with Crippen molar-refractivity contribution in [3.8, 4) is 11.3 Å². The van der Waals surface area contributed by atoms with Gasteiger partial charge in [0.05, 0.1) is 23.9 Å². The molecule has 7 heteroatoms. The van der Waals surface area contributed by atoms with Gasteiger partial charge in [-0.25, -0.2) is 4.79 Å². The molecule has 1 amide bonds. The number of rotatable bonds is 5. The van der Waals surface area contributed by atoms with E-state index in [1.807, 2.05) is 24.3 Å². The SMILES string of the molecule is COC(=O)c1ccccc1C(=O)Nc1ccc(-c2ccc(N3CCC(C)CC3)nn2)cc1. The van der Waals surface area contributed by atoms with Gasteiger partial charge in [-0.1, -0.05) is 31.2 Å². The number of benzene rings is 2. The van der Waals surface area contributed by atoms with Gasteiger partial charge in [-0.15, -0.1) is 10.2 Å². The Morgan fingerprint density at radius 2 is 1.62 bits per heavy atom. The third-order valence-corrected chi connectivity index (χ3v) is 5.77. The Morgan fingerprint density at radius 3 is 2.25 bits per heavy atom. The number of carbonyl (C=O) groups is 2. The highest BCUT2D eigenvalue weighted by molar-refractivity contribution is 6.11. The van der Waals surface area contributed by atoms with Crippen LogP contribution in [0.5, 0.6) is 0 Å². The molecule has 0 spiro atoms. The van der Waals surface area contributed by atoms with Crippen LogP contribution < -0.4 is 10.2 Å². The van der Waals surface area contributed by atoms with Gasteiger partial charge in [-0.2, -0.15) is 0 Å². The number of carbonyl (C=O) groups excluding carboxylic acids is 2. The summed E-state index contributed by atoms with van der Waals surface area (Å²) >= 11 is 0. The molecule has 1 N–H and O–H groups in total. The van der Waals surface area contributed by atoms with Crippen molar-refractivity contribution in [3.63, 3.8) is 0 Å². The lowest BCUT2D eigenvalue weighted by Crippen LogP contribution is -2.33. The highest BCUT2D eigenvalue weighted by Crippen LogP contribution is 2.24. The van der Waals surface area contributed by atoms with Crippen LogP contribution in [-0.4, -0.2) is 42.3 Å². The number of hydrogen-bond acceptors (Lipinski definition) is 6. The molecule has 32 heavy (non-hydrogen) atoms. The van der Waals surface area contributed by atoms with Gasteiger partial charge in [0.25, 0.3) is 5.91 Å². The fourth-order valence-electron chi connectivity index (χ4n) is 3.78. The highest BCUT2D eigenvalue weighted by Gasteiger charge is 2.18. The quantitative estimate of drug-likeness (QED) is 0.603. The smallest absolute Gasteiger partial charge is 0.338 e. The number of methoxy groups -OCH3 is 1. The molecular weight excluding hydrogens is 404 g/mol. The van der Waals surface area contributed by atoms with Crippen molar-refractivity contribution < 1.29 is 14.3 Å². The Hall–Kier alpha value is -3.74. The van der Waals surface area contributed by atoms with Gasteiger partial charge in [0.2, 0.25) is 0 Å². The highest BCUT2D eigenvalue weighted by atomic mass is 16.5. The van der Waals surface area contributed by atoms with E-state index in [9.17, 15) is 9.59 Å². The topological polar surface area (TPSA) is 84.4 Å². The molecule has 0 radical (unpaired) electrons. The fraction of sp³-hybridized carbons (Fsp3) is 0.280. The third-order valence-electron chi connectivity index (χ3n) is 5.77. The standard InChI is InChI=1S/C25H26N4O3/c1-17-13-15-29(16-14-17)23-12-11-22(27-28-23)18-7-9-19(10-8-18)26-24(30)20-5-3-4-6-21(20)25(31)32-2/h3-12,17H,13-16H2,1-2H3,(H,26,30). The van der Waals surface area contributed by atoms with E-state index >= 15 is 0 Å². The first kappa shape index (κ1) is 21.5. The van der Waals surface area contributed by atoms with E-state index < -0.39 is 5.97 Å². The third kappa shape index (κ3) is 4.77. The Kier molecular flexibility index (Phi) is 6.44. The molecule has 0 aliphatic carbocycles. The summed E-state index contributed by atoms with van der Waals surface area (Å²) in [6.45, 7) is 4.32. The molecule has 1 fully saturated rings. The van der Waals surface area contributed by atoms with Crippen LogP contribution in [0.3, 0.4) is 0 Å². The lowest BCUT2D eigenvalue weighted by molar-refractivity contribution is 0.0597. The molecule has 2 aromatic carbocycles. The van der Waals surface area contributed by atoms with Crippen molar-refractivity contribution in [2.75, 3.05) is 30.4 Å². The summed E-state index contributed by atoms with van der Waals surface area (Å²) in [6.07, 6.45) is 2.36. The van der Waals surface area contributed by atoms with Crippen LogP contribution >= 0.6 is 0 Å². The first-order valence-corrected chi connectivity index (χ1v) is 10.7. The number of anilines is 2. The second-order valence-electron chi connectivity index (χ2n) is 8.01. The molecule has 0 unspecified atom stereocenters. The van der Waals surface area contributed by atoms with Crippen LogP contribution in [0.15, 0.2) is 60.7 Å². The van der Waals surface area contributed by atoms with E-state index in [2.05, 4.69) is 27.3 Å². The Labute approximate surface area is 187 Å². The van der Waals surface area contributed by atoms with Crippen LogP contribution in [0.4, 0.5) is 11.5 Å². The normalized spacial score (nSPS) is 14.1. The molecule has 2 heterocycles. The maximum atomic E-state index is 12.7. The summed E-state index contributed by atoms with van der Waals surface area (Å²) in [6, 6.07) is 17.9. The Morgan fingerprint density at radius 1 is 0.938 bits per heavy atom. The van der Waals surface area contributed by atoms with Gasteiger partial charge in [-0.05, 0) is 55.2 Å². The number of amides is 1. The minimum Gasteiger partial charge on any atom is -0.465 e. The molecule has 164 valence electrons. The fourth-order valence-corrected chi connectivity index (χ4v) is 3.78. The van der Waals surface area contributed by atoms with Crippen molar-refractivity contribution in [1.82, 2.24) is 10.2 Å². The summed E-state index contributed by atoms with van der Waals surface area (Å²) in [5.41, 5.74) is 2.78. The van der Waals surface area contributed by atoms with Gasteiger partial charge in [-0.3, -0.25) is 4.79 Å². The number of nitrogens with one attached hydrogen (secondary N) is 1. The average molecular weight is 431 g/mol. The molecule has 1 aliphatic heterocycles. The second kappa shape index (κ2) is 9.60. The minimum absolute atomic E-state index is 0.225. The van der Waals surface area contributed by atoms with Crippen LogP contribution in [0.2, 0.25) is 0 Å². The lowest BCUT2D eigenvalue weighted by Gasteiger charge is -2.30. The number of piperidine rings is 1. The van der Waals surface area contributed by atoms with Crippen LogP contribution in [0.25, 0.3) is 11.3 Å². The second-order valence-corrected chi connectivity index (χ2v) is 8.01. The molecule has 1 saturated heterocycles. The maximum Gasteiger partial charge on any atom is 0.338 e. The monoisotopic (exact) mass is 430 g/mol. The molecular formula is C25H26N4O3. The van der Waals surface area contributed by atoms with Gasteiger partial charge in [0.15, 0.2) is 5.82 Å². The minimum atomic E-state index is -0.549. The van der Waals surface area contributed by atoms with Crippen molar-refractivity contribution >= 4 is 23.4 Å². The van der Waals surface area contributed by atoms with E-state index in [0.717, 1.165) is 36.1 Å². The number of esters is 1. The average Bonchev–Trinajstić information content (AvgIpc) is 2.84. The molecule has 0 atom stereocenters. The predicted octanol–water partition coefficient (Wildman–Crippen LogP) is 4.42. The Bertz CT molecular complexity index is 1090. The van der Waals surface area contributed by atoms with Crippen molar-refractivity contribution in [2.45, 2.75) is 19.8 Å². The summed E-state index contributed by atoms with van der Waals surface area (Å²) in [4.78, 5) is 26.9. The van der Waals surface area contributed by atoms with Crippen LogP contribution in [-0.2, 0) is 4.74 Å². The maximum absolute atomic E-state index is 12.7. The number of ether oxygens (including phenoxy) is 1. The van der Waals surface area contributed by atoms with E-state index in [0.29, 0.717) is 5.69 Å². The summed E-state index contributed by atoms with van der Waals surface area (Å²) in [5, 5.41) is 11.6. The van der Waals surface area contributed by atoms with Crippen LogP contribution in [0, 0.1) is 5.92 Å². The van der Waals surface area contributed by atoms with Gasteiger partial charge >= 0.3 is 5.97 Å². The van der Waals surface area contributed by atoms with Crippen LogP contribution in [0.1, 0.15) is 40.5 Å². The summed E-state index contributed by atoms with van der Waals surface area (Å²) in [5.74, 6) is 0.756. The van der Waals surface area contributed by atoms with Crippen molar-refractivity contribution in [3.05, 3.63) is 71.8 Å².